The highest BCUT2D eigenvalue weighted by Gasteiger charge is 2.16. The highest BCUT2D eigenvalue weighted by molar-refractivity contribution is 6.28. The van der Waals surface area contributed by atoms with E-state index in [9.17, 15) is 0 Å². The zero-order chi connectivity index (χ0) is 13.1. The predicted molar refractivity (Wildman–Crippen MR) is 74.5 cm³/mol. The van der Waals surface area contributed by atoms with E-state index in [4.69, 9.17) is 11.6 Å². The summed E-state index contributed by atoms with van der Waals surface area (Å²) >= 11 is 6.19. The van der Waals surface area contributed by atoms with Gasteiger partial charge in [0.1, 0.15) is 5.82 Å². The number of hydrogen-bond donors (Lipinski definition) is 0. The van der Waals surface area contributed by atoms with Crippen molar-refractivity contribution in [2.75, 3.05) is 0 Å². The Bertz CT molecular complexity index is 532. The highest BCUT2D eigenvalue weighted by atomic mass is 35.5. The van der Waals surface area contributed by atoms with Gasteiger partial charge in [-0.25, -0.2) is 0 Å². The minimum Gasteiger partial charge on any atom is -0.269 e. The molecule has 0 spiro atoms. The van der Waals surface area contributed by atoms with Gasteiger partial charge < -0.3 is 0 Å². The van der Waals surface area contributed by atoms with Gasteiger partial charge in [0.15, 0.2) is 0 Å². The van der Waals surface area contributed by atoms with E-state index < -0.39 is 0 Å². The molecule has 0 radical (unpaired) electrons. The second-order valence-corrected chi connectivity index (χ2v) is 5.03. The minimum absolute atomic E-state index is 0.291. The number of aryl methyl sites for hydroxylation is 1. The van der Waals surface area contributed by atoms with Gasteiger partial charge in [-0.15, -0.1) is 10.2 Å². The molecule has 96 valence electrons. The summed E-state index contributed by atoms with van der Waals surface area (Å²) in [5.74, 6) is 1.20. The van der Waals surface area contributed by atoms with Gasteiger partial charge >= 0.3 is 0 Å². The number of rotatable bonds is 4. The van der Waals surface area contributed by atoms with E-state index in [-0.39, 0.29) is 0 Å². The fourth-order valence-electron chi connectivity index (χ4n) is 2.08. The molecule has 0 N–H and O–H groups in total. The molecule has 0 unspecified atom stereocenters. The number of halogens is 1. The van der Waals surface area contributed by atoms with Crippen molar-refractivity contribution in [3.8, 4) is 5.69 Å². The van der Waals surface area contributed by atoms with Crippen molar-refractivity contribution in [1.29, 1.82) is 0 Å². The fourth-order valence-corrected chi connectivity index (χ4v) is 2.30. The van der Waals surface area contributed by atoms with Crippen LogP contribution in [-0.4, -0.2) is 14.8 Å². The Morgan fingerprint density at radius 2 is 1.94 bits per heavy atom. The standard InChI is InChI=1S/C14H18ClN3/c1-4-7-11-8-5-6-9-12(11)18-13(10(2)3)16-17-14(18)15/h5-6,8-10H,4,7H2,1-3H3. The van der Waals surface area contributed by atoms with Crippen LogP contribution in [0.2, 0.25) is 5.28 Å². The molecule has 0 amide bonds. The van der Waals surface area contributed by atoms with Crippen LogP contribution in [0.15, 0.2) is 24.3 Å². The van der Waals surface area contributed by atoms with Crippen molar-refractivity contribution in [2.45, 2.75) is 39.5 Å². The van der Waals surface area contributed by atoms with Crippen LogP contribution in [-0.2, 0) is 6.42 Å². The molecule has 0 saturated heterocycles. The van der Waals surface area contributed by atoms with Gasteiger partial charge in [-0.1, -0.05) is 45.4 Å². The maximum atomic E-state index is 6.19. The van der Waals surface area contributed by atoms with Crippen LogP contribution in [0.25, 0.3) is 5.69 Å². The highest BCUT2D eigenvalue weighted by Crippen LogP contribution is 2.25. The van der Waals surface area contributed by atoms with E-state index in [2.05, 4.69) is 49.2 Å². The van der Waals surface area contributed by atoms with Gasteiger partial charge in [-0.05, 0) is 29.7 Å². The van der Waals surface area contributed by atoms with Crippen LogP contribution in [0.1, 0.15) is 44.5 Å². The van der Waals surface area contributed by atoms with E-state index >= 15 is 0 Å². The lowest BCUT2D eigenvalue weighted by molar-refractivity contribution is 0.741. The monoisotopic (exact) mass is 263 g/mol. The molecule has 3 nitrogen and oxygen atoms in total. The Kier molecular flexibility index (Phi) is 4.02. The van der Waals surface area contributed by atoms with Crippen LogP contribution in [0, 0.1) is 0 Å². The van der Waals surface area contributed by atoms with Gasteiger partial charge in [-0.2, -0.15) is 0 Å². The molecule has 0 aliphatic heterocycles. The molecular formula is C14H18ClN3. The number of hydrogen-bond acceptors (Lipinski definition) is 2. The Morgan fingerprint density at radius 3 is 2.61 bits per heavy atom. The maximum absolute atomic E-state index is 6.19. The lowest BCUT2D eigenvalue weighted by Crippen LogP contribution is -2.06. The van der Waals surface area contributed by atoms with Crippen molar-refractivity contribution in [3.05, 3.63) is 40.9 Å². The first-order chi connectivity index (χ1) is 8.65. The van der Waals surface area contributed by atoms with Gasteiger partial charge in [0.25, 0.3) is 0 Å². The largest absolute Gasteiger partial charge is 0.269 e. The van der Waals surface area contributed by atoms with Crippen molar-refractivity contribution in [3.63, 3.8) is 0 Å². The van der Waals surface area contributed by atoms with Crippen molar-refractivity contribution >= 4 is 11.6 Å². The van der Waals surface area contributed by atoms with E-state index in [1.807, 2.05) is 10.6 Å². The van der Waals surface area contributed by atoms with Crippen LogP contribution < -0.4 is 0 Å². The topological polar surface area (TPSA) is 30.7 Å². The smallest absolute Gasteiger partial charge is 0.229 e. The van der Waals surface area contributed by atoms with Crippen molar-refractivity contribution in [2.24, 2.45) is 0 Å². The summed E-state index contributed by atoms with van der Waals surface area (Å²) in [6.07, 6.45) is 2.13. The van der Waals surface area contributed by atoms with Crippen LogP contribution in [0.5, 0.6) is 0 Å². The summed E-state index contributed by atoms with van der Waals surface area (Å²) in [5, 5.41) is 8.60. The summed E-state index contributed by atoms with van der Waals surface area (Å²) < 4.78 is 1.96. The average Bonchev–Trinajstić information content (AvgIpc) is 2.72. The van der Waals surface area contributed by atoms with Gasteiger partial charge in [0.2, 0.25) is 5.28 Å². The molecule has 2 aromatic rings. The summed E-state index contributed by atoms with van der Waals surface area (Å²) in [6, 6.07) is 8.29. The lowest BCUT2D eigenvalue weighted by Gasteiger charge is -2.14. The SMILES string of the molecule is CCCc1ccccc1-n1c(Cl)nnc1C(C)C. The van der Waals surface area contributed by atoms with Crippen molar-refractivity contribution < 1.29 is 0 Å². The van der Waals surface area contributed by atoms with Crippen LogP contribution in [0.3, 0.4) is 0 Å². The van der Waals surface area contributed by atoms with Gasteiger partial charge in [0, 0.05) is 5.92 Å². The predicted octanol–water partition coefficient (Wildman–Crippen LogP) is 4.00. The third-order valence-corrected chi connectivity index (χ3v) is 3.16. The lowest BCUT2D eigenvalue weighted by atomic mass is 10.1. The molecule has 0 aliphatic carbocycles. The van der Waals surface area contributed by atoms with Gasteiger partial charge in [0.05, 0.1) is 5.69 Å². The first-order valence-electron chi connectivity index (χ1n) is 6.34. The molecule has 2 rings (SSSR count). The second kappa shape index (κ2) is 5.53. The quantitative estimate of drug-likeness (QED) is 0.835. The molecule has 0 aliphatic rings. The Labute approximate surface area is 113 Å². The third-order valence-electron chi connectivity index (χ3n) is 2.92. The van der Waals surface area contributed by atoms with Crippen molar-refractivity contribution in [1.82, 2.24) is 14.8 Å². The Hall–Kier alpha value is -1.35. The zero-order valence-corrected chi connectivity index (χ0v) is 11.8. The summed E-state index contributed by atoms with van der Waals surface area (Å²) in [5.41, 5.74) is 2.38. The summed E-state index contributed by atoms with van der Waals surface area (Å²) in [4.78, 5) is 0. The Morgan fingerprint density at radius 1 is 1.22 bits per heavy atom. The number of nitrogens with zero attached hydrogens (tertiary/aromatic N) is 3. The van der Waals surface area contributed by atoms with E-state index in [0.29, 0.717) is 11.2 Å². The first kappa shape index (κ1) is 13.1. The number of aromatic nitrogens is 3. The second-order valence-electron chi connectivity index (χ2n) is 4.70. The number of para-hydroxylation sites is 1. The zero-order valence-electron chi connectivity index (χ0n) is 11.0. The molecule has 1 aromatic carbocycles. The normalized spacial score (nSPS) is 11.2. The van der Waals surface area contributed by atoms with Crippen LogP contribution in [0.4, 0.5) is 0 Å². The molecule has 0 bridgehead atoms. The first-order valence-corrected chi connectivity index (χ1v) is 6.72. The third kappa shape index (κ3) is 2.41. The van der Waals surface area contributed by atoms with E-state index in [0.717, 1.165) is 24.4 Å². The molecule has 0 fully saturated rings. The molecule has 4 heteroatoms. The Balaban J connectivity index is 2.58. The number of benzene rings is 1. The summed E-state index contributed by atoms with van der Waals surface area (Å²) in [7, 11) is 0. The molecule has 0 atom stereocenters. The molecule has 0 saturated carbocycles. The molecule has 1 heterocycles. The fraction of sp³-hybridized carbons (Fsp3) is 0.429. The summed E-state index contributed by atoms with van der Waals surface area (Å²) in [6.45, 7) is 6.37. The van der Waals surface area contributed by atoms with E-state index in [1.165, 1.54) is 5.56 Å². The average molecular weight is 264 g/mol. The molecule has 18 heavy (non-hydrogen) atoms. The van der Waals surface area contributed by atoms with Gasteiger partial charge in [-0.3, -0.25) is 4.57 Å². The molecular weight excluding hydrogens is 246 g/mol. The molecule has 1 aromatic heterocycles. The minimum atomic E-state index is 0.291. The van der Waals surface area contributed by atoms with E-state index in [1.54, 1.807) is 0 Å². The maximum Gasteiger partial charge on any atom is 0.229 e. The van der Waals surface area contributed by atoms with Crippen LogP contribution >= 0.6 is 11.6 Å².